The van der Waals surface area contributed by atoms with Crippen molar-refractivity contribution in [2.45, 2.75) is 59.4 Å². The quantitative estimate of drug-likeness (QED) is 0.745. The maximum Gasteiger partial charge on any atom is 0.244 e. The molecule has 3 fully saturated rings. The van der Waals surface area contributed by atoms with E-state index in [1.807, 2.05) is 18.7 Å². The Morgan fingerprint density at radius 1 is 1.15 bits per heavy atom. The molecule has 2 aliphatic heterocycles. The van der Waals surface area contributed by atoms with Crippen LogP contribution in [0.25, 0.3) is 0 Å². The van der Waals surface area contributed by atoms with Crippen molar-refractivity contribution < 1.29 is 9.59 Å². The van der Waals surface area contributed by atoms with Crippen LogP contribution in [0.2, 0.25) is 0 Å². The monoisotopic (exact) mass is 372 g/mol. The summed E-state index contributed by atoms with van der Waals surface area (Å²) in [5, 5.41) is 4.44. The summed E-state index contributed by atoms with van der Waals surface area (Å²) in [6.07, 6.45) is 6.42. The van der Waals surface area contributed by atoms with Gasteiger partial charge in [-0.3, -0.25) is 14.3 Å². The summed E-state index contributed by atoms with van der Waals surface area (Å²) in [4.78, 5) is 29.4. The first-order valence-electron chi connectivity index (χ1n) is 10.4. The molecule has 0 aromatic carbocycles. The predicted octanol–water partition coefficient (Wildman–Crippen LogP) is 2.43. The van der Waals surface area contributed by atoms with Gasteiger partial charge in [-0.15, -0.1) is 0 Å². The number of likely N-dealkylation sites (tertiary alicyclic amines) is 2. The fourth-order valence-corrected chi connectivity index (χ4v) is 5.20. The minimum absolute atomic E-state index is 0.0155. The first-order valence-corrected chi connectivity index (χ1v) is 10.4. The van der Waals surface area contributed by atoms with Crippen LogP contribution in [0.15, 0.2) is 0 Å². The van der Waals surface area contributed by atoms with Crippen LogP contribution >= 0.6 is 0 Å². The Morgan fingerprint density at radius 3 is 2.59 bits per heavy atom. The SMILES string of the molecule is CC(=O)c1c(C)nn(CC(=O)N2CCC3(CCCN(CC4CC4)C3)C2)c1C. The number of carbonyl (C=O) groups excluding carboxylic acids is 2. The van der Waals surface area contributed by atoms with Gasteiger partial charge in [-0.05, 0) is 65.3 Å². The molecule has 0 bridgehead atoms. The molecule has 1 spiro atoms. The number of piperidine rings is 1. The first-order chi connectivity index (χ1) is 12.9. The maximum absolute atomic E-state index is 12.9. The fraction of sp³-hybridized carbons (Fsp3) is 0.762. The van der Waals surface area contributed by atoms with Crippen molar-refractivity contribution in [3.63, 3.8) is 0 Å². The van der Waals surface area contributed by atoms with E-state index in [1.165, 1.54) is 38.8 Å². The number of nitrogens with zero attached hydrogens (tertiary/aromatic N) is 4. The van der Waals surface area contributed by atoms with Gasteiger partial charge in [-0.1, -0.05) is 0 Å². The van der Waals surface area contributed by atoms with E-state index < -0.39 is 0 Å². The lowest BCUT2D eigenvalue weighted by atomic mass is 9.79. The van der Waals surface area contributed by atoms with Gasteiger partial charge in [-0.2, -0.15) is 5.10 Å². The number of hydrogen-bond acceptors (Lipinski definition) is 4. The van der Waals surface area contributed by atoms with Gasteiger partial charge in [0, 0.05) is 37.3 Å². The van der Waals surface area contributed by atoms with Crippen molar-refractivity contribution in [2.24, 2.45) is 11.3 Å². The number of rotatable bonds is 5. The molecule has 1 aromatic rings. The van der Waals surface area contributed by atoms with Gasteiger partial charge >= 0.3 is 0 Å². The number of amides is 1. The van der Waals surface area contributed by atoms with Crippen molar-refractivity contribution in [1.82, 2.24) is 19.6 Å². The van der Waals surface area contributed by atoms with E-state index in [-0.39, 0.29) is 18.2 Å². The molecule has 1 aromatic heterocycles. The zero-order valence-corrected chi connectivity index (χ0v) is 17.0. The highest BCUT2D eigenvalue weighted by molar-refractivity contribution is 5.96. The van der Waals surface area contributed by atoms with Crippen LogP contribution in [0.3, 0.4) is 0 Å². The molecule has 3 aliphatic rings. The molecule has 0 radical (unpaired) electrons. The first kappa shape index (κ1) is 18.7. The summed E-state index contributed by atoms with van der Waals surface area (Å²) in [5.41, 5.74) is 2.47. The largest absolute Gasteiger partial charge is 0.340 e. The highest BCUT2D eigenvalue weighted by atomic mass is 16.2. The second kappa shape index (κ2) is 7.04. The molecule has 4 rings (SSSR count). The maximum atomic E-state index is 12.9. The lowest BCUT2D eigenvalue weighted by Gasteiger charge is -2.40. The van der Waals surface area contributed by atoms with Gasteiger partial charge in [0.2, 0.25) is 5.91 Å². The van der Waals surface area contributed by atoms with Gasteiger partial charge in [0.15, 0.2) is 5.78 Å². The van der Waals surface area contributed by atoms with Crippen molar-refractivity contribution in [1.29, 1.82) is 0 Å². The molecule has 1 unspecified atom stereocenters. The third kappa shape index (κ3) is 3.82. The number of hydrogen-bond donors (Lipinski definition) is 0. The molecular formula is C21H32N4O2. The molecule has 6 heteroatoms. The van der Waals surface area contributed by atoms with Crippen LogP contribution in [-0.2, 0) is 11.3 Å². The molecule has 1 aliphatic carbocycles. The molecule has 2 saturated heterocycles. The highest BCUT2D eigenvalue weighted by Crippen LogP contribution is 2.40. The Hall–Kier alpha value is -1.69. The smallest absolute Gasteiger partial charge is 0.244 e. The molecular weight excluding hydrogens is 340 g/mol. The van der Waals surface area contributed by atoms with Crippen molar-refractivity contribution >= 4 is 11.7 Å². The van der Waals surface area contributed by atoms with Crippen LogP contribution < -0.4 is 0 Å². The summed E-state index contributed by atoms with van der Waals surface area (Å²) in [5.74, 6) is 1.08. The predicted molar refractivity (Wildman–Crippen MR) is 104 cm³/mol. The molecule has 0 N–H and O–H groups in total. The summed E-state index contributed by atoms with van der Waals surface area (Å²) >= 11 is 0. The van der Waals surface area contributed by atoms with Gasteiger partial charge in [-0.25, -0.2) is 0 Å². The second-order valence-electron chi connectivity index (χ2n) is 9.11. The lowest BCUT2D eigenvalue weighted by molar-refractivity contribution is -0.131. The Labute approximate surface area is 161 Å². The minimum atomic E-state index is 0.0155. The van der Waals surface area contributed by atoms with E-state index in [2.05, 4.69) is 10.00 Å². The summed E-state index contributed by atoms with van der Waals surface area (Å²) in [7, 11) is 0. The van der Waals surface area contributed by atoms with Crippen LogP contribution in [0.4, 0.5) is 0 Å². The van der Waals surface area contributed by atoms with Crippen molar-refractivity contribution in [3.05, 3.63) is 17.0 Å². The Balaban J connectivity index is 1.39. The zero-order valence-electron chi connectivity index (χ0n) is 17.0. The van der Waals surface area contributed by atoms with Gasteiger partial charge in [0.1, 0.15) is 6.54 Å². The average Bonchev–Trinajstić information content (AvgIpc) is 3.25. The molecule has 1 atom stereocenters. The van der Waals surface area contributed by atoms with E-state index in [9.17, 15) is 9.59 Å². The number of Topliss-reactive ketones (excluding diaryl/α,β-unsaturated/α-hetero) is 1. The van der Waals surface area contributed by atoms with Gasteiger partial charge < -0.3 is 9.80 Å². The van der Waals surface area contributed by atoms with Crippen LogP contribution in [0.1, 0.15) is 60.8 Å². The van der Waals surface area contributed by atoms with E-state index in [0.717, 1.165) is 37.7 Å². The highest BCUT2D eigenvalue weighted by Gasteiger charge is 2.43. The average molecular weight is 373 g/mol. The topological polar surface area (TPSA) is 58.4 Å². The standard InChI is InChI=1S/C21H32N4O2/c1-15-20(17(3)26)16(2)25(22-15)12-19(27)24-10-8-21(14-24)7-4-9-23(13-21)11-18-5-6-18/h18H,4-14H2,1-3H3. The summed E-state index contributed by atoms with van der Waals surface area (Å²) in [6, 6.07) is 0. The van der Waals surface area contributed by atoms with Crippen LogP contribution in [0, 0.1) is 25.2 Å². The normalized spacial score (nSPS) is 26.1. The summed E-state index contributed by atoms with van der Waals surface area (Å²) in [6.45, 7) is 10.9. The second-order valence-corrected chi connectivity index (χ2v) is 9.11. The molecule has 3 heterocycles. The van der Waals surface area contributed by atoms with Gasteiger partial charge in [0.05, 0.1) is 11.3 Å². The minimum Gasteiger partial charge on any atom is -0.340 e. The van der Waals surface area contributed by atoms with Crippen molar-refractivity contribution in [3.8, 4) is 0 Å². The van der Waals surface area contributed by atoms with E-state index in [4.69, 9.17) is 0 Å². The number of carbonyl (C=O) groups is 2. The number of aryl methyl sites for hydroxylation is 1. The Kier molecular flexibility index (Phi) is 4.87. The molecule has 27 heavy (non-hydrogen) atoms. The molecule has 148 valence electrons. The van der Waals surface area contributed by atoms with Gasteiger partial charge in [0.25, 0.3) is 0 Å². The number of aromatic nitrogens is 2. The fourth-order valence-electron chi connectivity index (χ4n) is 5.20. The third-order valence-electron chi connectivity index (χ3n) is 6.76. The lowest BCUT2D eigenvalue weighted by Crippen LogP contribution is -2.46. The molecule has 6 nitrogen and oxygen atoms in total. The Bertz CT molecular complexity index is 752. The molecule has 1 amide bonds. The summed E-state index contributed by atoms with van der Waals surface area (Å²) < 4.78 is 1.71. The number of ketones is 1. The van der Waals surface area contributed by atoms with E-state index >= 15 is 0 Å². The van der Waals surface area contributed by atoms with Crippen LogP contribution in [0.5, 0.6) is 0 Å². The Morgan fingerprint density at radius 2 is 1.93 bits per heavy atom. The molecule has 1 saturated carbocycles. The van der Waals surface area contributed by atoms with E-state index in [0.29, 0.717) is 16.7 Å². The van der Waals surface area contributed by atoms with E-state index in [1.54, 1.807) is 11.6 Å². The third-order valence-corrected chi connectivity index (χ3v) is 6.76. The zero-order chi connectivity index (χ0) is 19.2. The van der Waals surface area contributed by atoms with Crippen LogP contribution in [-0.4, -0.2) is 64.0 Å². The van der Waals surface area contributed by atoms with Crippen molar-refractivity contribution in [2.75, 3.05) is 32.7 Å².